The van der Waals surface area contributed by atoms with Crippen LogP contribution in [0, 0.1) is 0 Å². The number of aromatic nitrogens is 2. The monoisotopic (exact) mass is 413 g/mol. The molecule has 0 unspecified atom stereocenters. The van der Waals surface area contributed by atoms with E-state index in [0.29, 0.717) is 28.1 Å². The molecule has 0 fully saturated rings. The number of nitrogens with zero attached hydrogens (tertiary/aromatic N) is 2. The molecule has 8 heteroatoms. The Bertz CT molecular complexity index is 1050. The molecule has 150 valence electrons. The van der Waals surface area contributed by atoms with Crippen LogP contribution in [0.2, 0.25) is 5.02 Å². The molecule has 0 radical (unpaired) electrons. The van der Waals surface area contributed by atoms with Gasteiger partial charge >= 0.3 is 0 Å². The van der Waals surface area contributed by atoms with Gasteiger partial charge in [0.15, 0.2) is 11.5 Å². The van der Waals surface area contributed by atoms with Crippen LogP contribution in [-0.2, 0) is 4.79 Å². The summed E-state index contributed by atoms with van der Waals surface area (Å²) in [4.78, 5) is 17.1. The highest BCUT2D eigenvalue weighted by molar-refractivity contribution is 6.30. The number of halogens is 1. The van der Waals surface area contributed by atoms with Crippen LogP contribution < -0.4 is 19.5 Å². The summed E-state index contributed by atoms with van der Waals surface area (Å²) in [5.74, 6) is 1.84. The fraction of sp³-hybridized carbons (Fsp3) is 0.238. The lowest BCUT2D eigenvalue weighted by Crippen LogP contribution is -2.25. The maximum Gasteiger partial charge on any atom is 0.226 e. The predicted octanol–water partition coefficient (Wildman–Crippen LogP) is 4.03. The number of benzene rings is 2. The summed E-state index contributed by atoms with van der Waals surface area (Å²) in [6.45, 7) is 0. The van der Waals surface area contributed by atoms with Crippen molar-refractivity contribution >= 4 is 23.3 Å². The van der Waals surface area contributed by atoms with Gasteiger partial charge in [-0.25, -0.2) is 4.98 Å². The van der Waals surface area contributed by atoms with E-state index in [0.717, 1.165) is 16.9 Å². The lowest BCUT2D eigenvalue weighted by Gasteiger charge is -2.24. The molecule has 1 amide bonds. The molecule has 2 heterocycles. The number of fused-ring (bicyclic) bond motifs is 1. The third-order valence-electron chi connectivity index (χ3n) is 4.95. The van der Waals surface area contributed by atoms with E-state index in [4.69, 9.17) is 25.8 Å². The number of carbonyl (C=O) groups is 1. The number of hydrogen-bond donors (Lipinski definition) is 1. The molecule has 2 aromatic carbocycles. The molecule has 1 N–H and O–H groups in total. The van der Waals surface area contributed by atoms with Gasteiger partial charge in [0.05, 0.1) is 27.0 Å². The standard InChI is InChI=1S/C21H20ClN3O4/c1-27-16-7-12(8-17(28-2)20(16)29-3)15-10-18(26)24-21-19(15)23-11-25(21)14-6-4-5-13(22)9-14/h4-9,11,15H,10H2,1-3H3,(H,24,26)/t15-/m0/s1. The van der Waals surface area contributed by atoms with Crippen molar-refractivity contribution in [1.29, 1.82) is 0 Å². The molecule has 1 aliphatic rings. The maximum atomic E-state index is 12.5. The number of hydrogen-bond acceptors (Lipinski definition) is 5. The van der Waals surface area contributed by atoms with Crippen molar-refractivity contribution in [2.45, 2.75) is 12.3 Å². The number of rotatable bonds is 5. The second kappa shape index (κ2) is 7.67. The summed E-state index contributed by atoms with van der Waals surface area (Å²) in [5, 5.41) is 3.54. The van der Waals surface area contributed by atoms with Gasteiger partial charge in [-0.05, 0) is 35.9 Å². The molecular formula is C21H20ClN3O4. The van der Waals surface area contributed by atoms with Gasteiger partial charge in [0, 0.05) is 23.0 Å². The highest BCUT2D eigenvalue weighted by Gasteiger charge is 2.32. The smallest absolute Gasteiger partial charge is 0.226 e. The molecule has 0 saturated heterocycles. The summed E-state index contributed by atoms with van der Waals surface area (Å²) < 4.78 is 18.2. The van der Waals surface area contributed by atoms with Crippen molar-refractivity contribution in [3.05, 3.63) is 59.0 Å². The van der Waals surface area contributed by atoms with E-state index in [9.17, 15) is 4.79 Å². The van der Waals surface area contributed by atoms with Crippen molar-refractivity contribution in [3.8, 4) is 22.9 Å². The van der Waals surface area contributed by atoms with Crippen molar-refractivity contribution in [2.24, 2.45) is 0 Å². The normalized spacial score (nSPS) is 15.4. The van der Waals surface area contributed by atoms with Crippen molar-refractivity contribution in [1.82, 2.24) is 9.55 Å². The Hall–Kier alpha value is -3.19. The zero-order valence-corrected chi connectivity index (χ0v) is 17.0. The summed E-state index contributed by atoms with van der Waals surface area (Å²) in [6, 6.07) is 11.1. The number of amides is 1. The molecule has 4 rings (SSSR count). The van der Waals surface area contributed by atoms with Crippen LogP contribution in [-0.4, -0.2) is 36.8 Å². The van der Waals surface area contributed by atoms with Crippen LogP contribution in [0.5, 0.6) is 17.2 Å². The molecular weight excluding hydrogens is 394 g/mol. The van der Waals surface area contributed by atoms with E-state index in [-0.39, 0.29) is 18.2 Å². The Morgan fingerprint density at radius 3 is 2.45 bits per heavy atom. The first kappa shape index (κ1) is 19.1. The van der Waals surface area contributed by atoms with Gasteiger partial charge in [-0.15, -0.1) is 0 Å². The largest absolute Gasteiger partial charge is 0.493 e. The van der Waals surface area contributed by atoms with E-state index in [1.165, 1.54) is 0 Å². The van der Waals surface area contributed by atoms with E-state index in [2.05, 4.69) is 10.3 Å². The Morgan fingerprint density at radius 1 is 1.10 bits per heavy atom. The van der Waals surface area contributed by atoms with Gasteiger partial charge in [0.2, 0.25) is 11.7 Å². The van der Waals surface area contributed by atoms with E-state index >= 15 is 0 Å². The number of carbonyl (C=O) groups excluding carboxylic acids is 1. The quantitative estimate of drug-likeness (QED) is 0.683. The Balaban J connectivity index is 1.84. The van der Waals surface area contributed by atoms with Crippen molar-refractivity contribution in [3.63, 3.8) is 0 Å². The molecule has 1 aliphatic heterocycles. The summed E-state index contributed by atoms with van der Waals surface area (Å²) in [7, 11) is 4.68. The highest BCUT2D eigenvalue weighted by Crippen LogP contribution is 2.44. The second-order valence-electron chi connectivity index (χ2n) is 6.59. The molecule has 0 saturated carbocycles. The molecule has 1 aromatic heterocycles. The van der Waals surface area contributed by atoms with Crippen LogP contribution in [0.4, 0.5) is 5.82 Å². The van der Waals surface area contributed by atoms with Crippen molar-refractivity contribution < 1.29 is 19.0 Å². The first-order valence-electron chi connectivity index (χ1n) is 8.98. The molecule has 0 spiro atoms. The number of ether oxygens (including phenoxy) is 3. The van der Waals surface area contributed by atoms with Crippen LogP contribution in [0.1, 0.15) is 23.6 Å². The summed E-state index contributed by atoms with van der Waals surface area (Å²) >= 11 is 6.13. The first-order valence-corrected chi connectivity index (χ1v) is 9.36. The molecule has 7 nitrogen and oxygen atoms in total. The highest BCUT2D eigenvalue weighted by atomic mass is 35.5. The summed E-state index contributed by atoms with van der Waals surface area (Å²) in [6.07, 6.45) is 1.95. The van der Waals surface area contributed by atoms with Crippen LogP contribution in [0.3, 0.4) is 0 Å². The number of nitrogens with one attached hydrogen (secondary N) is 1. The summed E-state index contributed by atoms with van der Waals surface area (Å²) in [5.41, 5.74) is 2.43. The predicted molar refractivity (Wildman–Crippen MR) is 110 cm³/mol. The van der Waals surface area contributed by atoms with E-state index in [1.54, 1.807) is 33.7 Å². The van der Waals surface area contributed by atoms with E-state index < -0.39 is 0 Å². The van der Waals surface area contributed by atoms with Crippen LogP contribution >= 0.6 is 11.6 Å². The van der Waals surface area contributed by atoms with Gasteiger partial charge in [-0.2, -0.15) is 0 Å². The third kappa shape index (κ3) is 3.38. The van der Waals surface area contributed by atoms with Gasteiger partial charge < -0.3 is 19.5 Å². The molecule has 0 aliphatic carbocycles. The Morgan fingerprint density at radius 2 is 1.83 bits per heavy atom. The lowest BCUT2D eigenvalue weighted by molar-refractivity contribution is -0.116. The van der Waals surface area contributed by atoms with Crippen LogP contribution in [0.15, 0.2) is 42.7 Å². The number of anilines is 1. The average Bonchev–Trinajstić information content (AvgIpc) is 3.15. The van der Waals surface area contributed by atoms with Crippen LogP contribution in [0.25, 0.3) is 5.69 Å². The third-order valence-corrected chi connectivity index (χ3v) is 5.18. The van der Waals surface area contributed by atoms with E-state index in [1.807, 2.05) is 34.9 Å². The fourth-order valence-electron chi connectivity index (χ4n) is 3.61. The molecule has 29 heavy (non-hydrogen) atoms. The topological polar surface area (TPSA) is 74.6 Å². The Kier molecular flexibility index (Phi) is 5.07. The SMILES string of the molecule is COc1cc([C@@H]2CC(=O)Nc3c2ncn3-c2cccc(Cl)c2)cc(OC)c1OC. The lowest BCUT2D eigenvalue weighted by atomic mass is 9.89. The minimum Gasteiger partial charge on any atom is -0.493 e. The van der Waals surface area contributed by atoms with Gasteiger partial charge in [-0.3, -0.25) is 9.36 Å². The maximum absolute atomic E-state index is 12.5. The van der Waals surface area contributed by atoms with Crippen molar-refractivity contribution in [2.75, 3.05) is 26.6 Å². The molecule has 3 aromatic rings. The first-order chi connectivity index (χ1) is 14.0. The molecule has 0 bridgehead atoms. The number of imidazole rings is 1. The minimum absolute atomic E-state index is 0.0972. The number of methoxy groups -OCH3 is 3. The average molecular weight is 414 g/mol. The van der Waals surface area contributed by atoms with Gasteiger partial charge in [0.1, 0.15) is 12.1 Å². The second-order valence-corrected chi connectivity index (χ2v) is 7.03. The molecule has 1 atom stereocenters. The zero-order chi connectivity index (χ0) is 20.5. The zero-order valence-electron chi connectivity index (χ0n) is 16.2. The van der Waals surface area contributed by atoms with Gasteiger partial charge in [0.25, 0.3) is 0 Å². The minimum atomic E-state index is -0.257. The fourth-order valence-corrected chi connectivity index (χ4v) is 3.79. The Labute approximate surface area is 173 Å². The van der Waals surface area contributed by atoms with Gasteiger partial charge in [-0.1, -0.05) is 17.7 Å².